The second kappa shape index (κ2) is 16.4. The van der Waals surface area contributed by atoms with Crippen molar-refractivity contribution in [1.82, 2.24) is 9.97 Å². The van der Waals surface area contributed by atoms with E-state index < -0.39 is 20.1 Å². The van der Waals surface area contributed by atoms with Crippen LogP contribution in [-0.2, 0) is 17.2 Å². The van der Waals surface area contributed by atoms with Gasteiger partial charge in [-0.2, -0.15) is 0 Å². The molecule has 194 valence electrons. The molecule has 0 fully saturated rings. The number of nitrogens with two attached hydrogens (primary N) is 2. The number of aliphatic carboxylic acids is 1. The molecule has 3 rings (SSSR count). The number of nitrogens with zero attached hydrogens (tertiary/aromatic N) is 1. The number of rotatable bonds is 4. The molecule has 1 atom stereocenters. The van der Waals surface area contributed by atoms with E-state index in [4.69, 9.17) is 20.6 Å². The number of carbonyl (C=O) groups excluding carboxylic acids is 1. The van der Waals surface area contributed by atoms with Gasteiger partial charge in [0.25, 0.3) is 11.5 Å². The topological polar surface area (TPSA) is 255 Å². The number of carboxylic acids is 1. The van der Waals surface area contributed by atoms with Crippen molar-refractivity contribution >= 4 is 42.0 Å². The Hall–Kier alpha value is -4.23. The summed E-state index contributed by atoms with van der Waals surface area (Å²) in [5.74, 6) is -0.856. The van der Waals surface area contributed by atoms with Crippen molar-refractivity contribution < 1.29 is 31.7 Å². The molecule has 1 aromatic heterocycles. The number of H-pyrrole nitrogens is 1. The maximum Gasteiger partial charge on any atom is 0.300 e. The van der Waals surface area contributed by atoms with E-state index in [1.165, 1.54) is 37.4 Å². The van der Waals surface area contributed by atoms with Crippen molar-refractivity contribution in [2.75, 3.05) is 5.32 Å². The summed E-state index contributed by atoms with van der Waals surface area (Å²) in [6.45, 7) is 2.40. The number of carboxylic acid groups (broad SMARTS) is 1. The zero-order valence-corrected chi connectivity index (χ0v) is 21.2. The molecule has 0 spiro atoms. The van der Waals surface area contributed by atoms with Gasteiger partial charge >= 0.3 is 88.4 Å². The van der Waals surface area contributed by atoms with E-state index in [9.17, 15) is 17.4 Å². The van der Waals surface area contributed by atoms with Gasteiger partial charge in [-0.3, -0.25) is 15.0 Å². The second-order valence-corrected chi connectivity index (χ2v) is 10.1. The minimum atomic E-state index is -4.83. The van der Waals surface area contributed by atoms with Gasteiger partial charge < -0.3 is 21.6 Å². The van der Waals surface area contributed by atoms with E-state index in [0.29, 0.717) is 11.5 Å². The summed E-state index contributed by atoms with van der Waals surface area (Å²) in [5.41, 5.74) is 10.1. The van der Waals surface area contributed by atoms with Gasteiger partial charge in [-0.05, 0) is 0 Å². The third kappa shape index (κ3) is 14.8. The van der Waals surface area contributed by atoms with E-state index in [-0.39, 0.29) is 21.8 Å². The van der Waals surface area contributed by atoms with Gasteiger partial charge in [-0.15, -0.1) is 0 Å². The van der Waals surface area contributed by atoms with Crippen LogP contribution in [0, 0.1) is 5.41 Å². The van der Waals surface area contributed by atoms with E-state index >= 15 is 0 Å². The first-order valence-electron chi connectivity index (χ1n) is 9.72. The van der Waals surface area contributed by atoms with Crippen LogP contribution in [0.25, 0.3) is 11.4 Å². The van der Waals surface area contributed by atoms with Crippen molar-refractivity contribution in [2.24, 2.45) is 11.5 Å². The molecule has 0 saturated carbocycles. The van der Waals surface area contributed by atoms with Crippen LogP contribution >= 0.6 is 0 Å². The van der Waals surface area contributed by atoms with E-state index in [0.717, 1.165) is 12.5 Å². The molecular formula is C21H27AsN6O8. The van der Waals surface area contributed by atoms with Crippen molar-refractivity contribution in [1.29, 1.82) is 5.41 Å². The molecule has 0 bridgehead atoms. The summed E-state index contributed by atoms with van der Waals surface area (Å²) in [6, 6.07) is 16.6. The Labute approximate surface area is 208 Å². The van der Waals surface area contributed by atoms with Crippen molar-refractivity contribution in [3.8, 4) is 11.4 Å². The fourth-order valence-corrected chi connectivity index (χ4v) is 3.53. The van der Waals surface area contributed by atoms with Crippen LogP contribution in [-0.4, -0.2) is 56.4 Å². The summed E-state index contributed by atoms with van der Waals surface area (Å²) < 4.78 is 23.9. The van der Waals surface area contributed by atoms with Gasteiger partial charge in [0.05, 0.1) is 0 Å². The van der Waals surface area contributed by atoms with Crippen LogP contribution in [0.4, 0.5) is 5.69 Å². The van der Waals surface area contributed by atoms with Crippen LogP contribution in [0.2, 0.25) is 0 Å². The van der Waals surface area contributed by atoms with Crippen molar-refractivity contribution in [2.45, 2.75) is 13.8 Å². The molecule has 0 aliphatic carbocycles. The van der Waals surface area contributed by atoms with E-state index in [2.05, 4.69) is 30.6 Å². The predicted molar refractivity (Wildman–Crippen MR) is 132 cm³/mol. The van der Waals surface area contributed by atoms with Gasteiger partial charge in [-0.25, -0.2) is 4.98 Å². The molecule has 1 heterocycles. The van der Waals surface area contributed by atoms with Crippen molar-refractivity contribution in [3.63, 3.8) is 0 Å². The number of aromatic nitrogens is 2. The number of anilines is 1. The molecule has 15 heteroatoms. The Morgan fingerprint density at radius 1 is 1.08 bits per heavy atom. The summed E-state index contributed by atoms with van der Waals surface area (Å²) in [7, 11) is 0. The number of hydrogen-bond donors (Lipinski definition) is 8. The number of aromatic amines is 1. The van der Waals surface area contributed by atoms with Crippen LogP contribution in [0.15, 0.2) is 71.7 Å². The van der Waals surface area contributed by atoms with Gasteiger partial charge in [0, 0.05) is 24.8 Å². The summed E-state index contributed by atoms with van der Waals surface area (Å²) in [4.78, 5) is 37.4. The molecule has 36 heavy (non-hydrogen) atoms. The molecule has 1 amide bonds. The van der Waals surface area contributed by atoms with E-state index in [1.807, 2.05) is 30.3 Å². The van der Waals surface area contributed by atoms with E-state index in [1.54, 1.807) is 6.07 Å². The molecule has 3 aromatic rings. The summed E-state index contributed by atoms with van der Waals surface area (Å²) >= 11 is -4.83. The Balaban J connectivity index is 0.000000529. The number of carbonyl (C=O) groups is 2. The van der Waals surface area contributed by atoms with Crippen LogP contribution in [0.5, 0.6) is 0 Å². The molecule has 10 N–H and O–H groups in total. The third-order valence-electron chi connectivity index (χ3n) is 3.32. The zero-order valence-electron chi connectivity index (χ0n) is 19.3. The van der Waals surface area contributed by atoms with Crippen LogP contribution in [0.3, 0.4) is 0 Å². The SMILES string of the molecule is CC(=O)Nc1cccc([As](=O)(O)OO)c1.CC(=O)O.N=C(N)N.O=c1ccnc(-c2ccccc2)[nH]1. The van der Waals surface area contributed by atoms with Crippen LogP contribution < -0.4 is 26.7 Å². The largest absolute Gasteiger partial charge is 0.481 e. The summed E-state index contributed by atoms with van der Waals surface area (Å²) in [6.07, 6.45) is 1.50. The molecule has 0 radical (unpaired) electrons. The molecule has 14 nitrogen and oxygen atoms in total. The quantitative estimate of drug-likeness (QED) is 0.0689. The molecule has 2 aromatic carbocycles. The molecular weight excluding hydrogens is 539 g/mol. The fraction of sp³-hybridized carbons (Fsp3) is 0.0952. The maximum absolute atomic E-state index is 11.3. The first-order valence-corrected chi connectivity index (χ1v) is 13.0. The number of nitrogens with one attached hydrogen (secondary N) is 3. The number of benzene rings is 2. The number of amides is 1. The Kier molecular flexibility index (Phi) is 14.5. The number of guanidine groups is 1. The smallest absolute Gasteiger partial charge is 0.300 e. The minimum absolute atomic E-state index is 0.0399. The Bertz CT molecular complexity index is 1220. The second-order valence-electron chi connectivity index (χ2n) is 6.46. The maximum atomic E-state index is 11.3. The summed E-state index contributed by atoms with van der Waals surface area (Å²) in [5, 5.41) is 24.2. The predicted octanol–water partition coefficient (Wildman–Crippen LogP) is 0.0697. The fourth-order valence-electron chi connectivity index (χ4n) is 2.12. The Morgan fingerprint density at radius 2 is 1.64 bits per heavy atom. The number of hydrogen-bond acceptors (Lipinski definition) is 8. The van der Waals surface area contributed by atoms with Crippen LogP contribution in [0.1, 0.15) is 13.8 Å². The van der Waals surface area contributed by atoms with Crippen molar-refractivity contribution in [3.05, 3.63) is 77.2 Å². The minimum Gasteiger partial charge on any atom is -0.481 e. The third-order valence-corrected chi connectivity index (χ3v) is 5.74. The molecule has 0 aliphatic rings. The van der Waals surface area contributed by atoms with Gasteiger partial charge in [0.15, 0.2) is 5.96 Å². The van der Waals surface area contributed by atoms with Gasteiger partial charge in [0.1, 0.15) is 5.82 Å². The standard InChI is InChI=1S/C10H8N2O.C8H10AsNO5.C2H4O2.CH5N3/c13-9-6-7-11-10(12-9)8-4-2-1-3-5-8;1-6(11)10-8-4-2-3-7(5-8)9(12,13)15-14;1-2(3)4;2-1(3)4/h1-7H,(H,11,12,13);2-5,14H,1H3,(H,10,11)(H,12,13);1H3,(H,3,4);(H5,2,3,4). The monoisotopic (exact) mass is 566 g/mol. The average molecular weight is 566 g/mol. The zero-order chi connectivity index (χ0) is 27.7. The molecule has 1 unspecified atom stereocenters. The molecule has 0 saturated heterocycles. The first kappa shape index (κ1) is 31.8. The first-order chi connectivity index (χ1) is 16.8. The van der Waals surface area contributed by atoms with Gasteiger partial charge in [0.2, 0.25) is 0 Å². The normalized spacial score (nSPS) is 10.9. The van der Waals surface area contributed by atoms with Gasteiger partial charge in [-0.1, -0.05) is 30.3 Å². The average Bonchev–Trinajstić information content (AvgIpc) is 2.79. The Morgan fingerprint density at radius 3 is 2.11 bits per heavy atom. The molecule has 0 aliphatic heterocycles.